The van der Waals surface area contributed by atoms with Gasteiger partial charge in [0.15, 0.2) is 12.4 Å². The van der Waals surface area contributed by atoms with E-state index < -0.39 is 67.4 Å². The summed E-state index contributed by atoms with van der Waals surface area (Å²) in [6, 6.07) is -1.03. The van der Waals surface area contributed by atoms with Gasteiger partial charge in [-0.1, -0.05) is 306 Å². The molecule has 1 aliphatic rings. The molecule has 1 aliphatic heterocycles. The van der Waals surface area contributed by atoms with Gasteiger partial charge in [-0.2, -0.15) is 0 Å². The SMILES string of the molecule is CCCCC/C=C\C/C=C\C/C=C\CCCCCCCCCCC(=O)OC1C(OCC(NC(=O)C(O)CCCCCCCCCCCCCCCC/C=C\C/C=C\CCCCC)C(O)/C=C/CCCCCCCCCCCCC)OC(CO)C(O)C1O. The van der Waals surface area contributed by atoms with E-state index in [0.29, 0.717) is 19.3 Å². The van der Waals surface area contributed by atoms with Gasteiger partial charge in [-0.15, -0.1) is 0 Å². The Balaban J connectivity index is 2.58. The monoisotopic (exact) mass is 1220 g/mol. The molecule has 1 amide bonds. The Kier molecular flexibility index (Phi) is 59.7. The van der Waals surface area contributed by atoms with Crippen LogP contribution >= 0.6 is 0 Å². The minimum Gasteiger partial charge on any atom is -0.454 e. The number of carbonyl (C=O) groups is 2. The number of ether oxygens (including phenoxy) is 3. The molecule has 506 valence electrons. The second kappa shape index (κ2) is 63.3. The Morgan fingerprint density at radius 3 is 1.21 bits per heavy atom. The first-order valence-electron chi connectivity index (χ1n) is 36.7. The van der Waals surface area contributed by atoms with E-state index >= 15 is 0 Å². The molecular formula is C76H137NO10. The van der Waals surface area contributed by atoms with Crippen molar-refractivity contribution in [1.29, 1.82) is 0 Å². The molecule has 1 rings (SSSR count). The van der Waals surface area contributed by atoms with E-state index in [1.54, 1.807) is 6.08 Å². The number of nitrogens with one attached hydrogen (secondary N) is 1. The molecule has 0 spiro atoms. The maximum Gasteiger partial charge on any atom is 0.306 e. The van der Waals surface area contributed by atoms with Crippen molar-refractivity contribution in [3.63, 3.8) is 0 Å². The van der Waals surface area contributed by atoms with Crippen molar-refractivity contribution in [2.75, 3.05) is 13.2 Å². The quantitative estimate of drug-likeness (QED) is 0.0195. The number of rotatable bonds is 63. The second-order valence-electron chi connectivity index (χ2n) is 25.3. The molecule has 0 bridgehead atoms. The molecule has 11 nitrogen and oxygen atoms in total. The smallest absolute Gasteiger partial charge is 0.306 e. The number of allylic oxidation sites excluding steroid dienone is 11. The summed E-state index contributed by atoms with van der Waals surface area (Å²) in [4.78, 5) is 26.7. The normalized spacial score (nSPS) is 18.6. The maximum absolute atomic E-state index is 13.5. The van der Waals surface area contributed by atoms with Crippen LogP contribution in [0.1, 0.15) is 335 Å². The lowest BCUT2D eigenvalue weighted by Crippen LogP contribution is -2.61. The highest BCUT2D eigenvalue weighted by atomic mass is 16.7. The van der Waals surface area contributed by atoms with Crippen LogP contribution in [0.15, 0.2) is 72.9 Å². The predicted octanol–water partition coefficient (Wildman–Crippen LogP) is 19.1. The first-order valence-corrected chi connectivity index (χ1v) is 36.7. The Morgan fingerprint density at radius 1 is 0.448 bits per heavy atom. The number of hydrogen-bond donors (Lipinski definition) is 6. The second-order valence-corrected chi connectivity index (χ2v) is 25.3. The molecule has 1 heterocycles. The van der Waals surface area contributed by atoms with E-state index in [9.17, 15) is 35.1 Å². The molecule has 11 heteroatoms. The number of carbonyl (C=O) groups excluding carboxylic acids is 2. The van der Waals surface area contributed by atoms with Crippen molar-refractivity contribution < 1.29 is 49.3 Å². The Labute approximate surface area is 534 Å². The fraction of sp³-hybridized carbons (Fsp3) is 0.816. The van der Waals surface area contributed by atoms with Crippen molar-refractivity contribution in [3.8, 4) is 0 Å². The molecule has 0 aromatic carbocycles. The highest BCUT2D eigenvalue weighted by Gasteiger charge is 2.47. The zero-order valence-electron chi connectivity index (χ0n) is 56.4. The lowest BCUT2D eigenvalue weighted by Gasteiger charge is -2.41. The van der Waals surface area contributed by atoms with Crippen molar-refractivity contribution in [3.05, 3.63) is 72.9 Å². The van der Waals surface area contributed by atoms with Gasteiger partial charge in [0.05, 0.1) is 25.4 Å². The molecule has 0 saturated carbocycles. The molecule has 1 saturated heterocycles. The van der Waals surface area contributed by atoms with Gasteiger partial charge in [0, 0.05) is 6.42 Å². The highest BCUT2D eigenvalue weighted by molar-refractivity contribution is 5.80. The third-order valence-electron chi connectivity index (χ3n) is 17.1. The standard InChI is InChI=1S/C76H137NO10/c1-4-7-10-13-16-19-22-25-27-29-31-33-34-35-37-38-40-42-45-48-51-54-57-60-63-69(80)75(84)77-67(68(79)62-59-56-53-50-47-44-24-21-18-15-12-9-6-3)66-85-76-74(73(83)72(82)70(65-78)86-76)87-71(81)64-61-58-55-52-49-46-43-41-39-36-32-30-28-26-23-20-17-14-11-8-5-2/h16-17,19-20,25-28,32,36,59,62,67-70,72-74,76,78-80,82-83H,4-15,18,21-24,29-31,33-35,37-58,60-61,63-66H2,1-3H3,(H,77,84)/b19-16-,20-17-,27-25-,28-26-,36-32-,62-59+. The minimum absolute atomic E-state index is 0.114. The fourth-order valence-electron chi connectivity index (χ4n) is 11.3. The molecule has 1 fully saturated rings. The number of hydrogen-bond acceptors (Lipinski definition) is 10. The van der Waals surface area contributed by atoms with Gasteiger partial charge in [0.2, 0.25) is 5.91 Å². The van der Waals surface area contributed by atoms with Crippen molar-refractivity contribution in [1.82, 2.24) is 5.32 Å². The zero-order valence-corrected chi connectivity index (χ0v) is 56.4. The molecule has 8 unspecified atom stereocenters. The van der Waals surface area contributed by atoms with E-state index in [0.717, 1.165) is 89.9 Å². The van der Waals surface area contributed by atoms with Crippen LogP contribution < -0.4 is 5.32 Å². The summed E-state index contributed by atoms with van der Waals surface area (Å²) in [5.41, 5.74) is 0. The van der Waals surface area contributed by atoms with E-state index in [4.69, 9.17) is 14.2 Å². The van der Waals surface area contributed by atoms with Gasteiger partial charge >= 0.3 is 5.97 Å². The summed E-state index contributed by atoms with van der Waals surface area (Å²) < 4.78 is 17.7. The number of aliphatic hydroxyl groups is 5. The Morgan fingerprint density at radius 2 is 0.793 bits per heavy atom. The van der Waals surface area contributed by atoms with Gasteiger partial charge in [-0.3, -0.25) is 9.59 Å². The average Bonchev–Trinajstić information content (AvgIpc) is 2.32. The predicted molar refractivity (Wildman–Crippen MR) is 366 cm³/mol. The van der Waals surface area contributed by atoms with Crippen LogP contribution in [-0.2, 0) is 23.8 Å². The summed E-state index contributed by atoms with van der Waals surface area (Å²) >= 11 is 0. The summed E-state index contributed by atoms with van der Waals surface area (Å²) in [5, 5.41) is 57.3. The van der Waals surface area contributed by atoms with Crippen LogP contribution in [-0.4, -0.2) is 99.6 Å². The molecule has 0 aromatic rings. The molecule has 87 heavy (non-hydrogen) atoms. The van der Waals surface area contributed by atoms with Crippen LogP contribution in [0.3, 0.4) is 0 Å². The number of esters is 1. The lowest BCUT2D eigenvalue weighted by atomic mass is 9.99. The molecule has 0 aromatic heterocycles. The summed E-state index contributed by atoms with van der Waals surface area (Å²) in [7, 11) is 0. The van der Waals surface area contributed by atoms with Crippen LogP contribution in [0.25, 0.3) is 0 Å². The molecule has 6 N–H and O–H groups in total. The van der Waals surface area contributed by atoms with E-state index in [1.165, 1.54) is 199 Å². The molecule has 0 aliphatic carbocycles. The van der Waals surface area contributed by atoms with Crippen LogP contribution in [0.5, 0.6) is 0 Å². The molecule has 0 radical (unpaired) electrons. The van der Waals surface area contributed by atoms with Gasteiger partial charge < -0.3 is 45.1 Å². The van der Waals surface area contributed by atoms with Crippen molar-refractivity contribution >= 4 is 11.9 Å². The minimum atomic E-state index is -1.62. The van der Waals surface area contributed by atoms with Crippen molar-refractivity contribution in [2.45, 2.75) is 384 Å². The third-order valence-corrected chi connectivity index (χ3v) is 17.1. The number of unbranched alkanes of at least 4 members (excludes halogenated alkanes) is 39. The average molecular weight is 1220 g/mol. The fourth-order valence-corrected chi connectivity index (χ4v) is 11.3. The topological polar surface area (TPSA) is 175 Å². The summed E-state index contributed by atoms with van der Waals surface area (Å²) in [5.74, 6) is -1.19. The van der Waals surface area contributed by atoms with Gasteiger partial charge in [-0.05, 0) is 96.3 Å². The zero-order chi connectivity index (χ0) is 63.1. The van der Waals surface area contributed by atoms with E-state index in [-0.39, 0.29) is 13.0 Å². The number of amides is 1. The van der Waals surface area contributed by atoms with Crippen molar-refractivity contribution in [2.24, 2.45) is 0 Å². The number of aliphatic hydroxyl groups excluding tert-OH is 5. The summed E-state index contributed by atoms with van der Waals surface area (Å²) in [6.45, 7) is 5.78. The maximum atomic E-state index is 13.5. The molecule has 8 atom stereocenters. The van der Waals surface area contributed by atoms with Crippen LogP contribution in [0, 0.1) is 0 Å². The first-order chi connectivity index (χ1) is 42.7. The van der Waals surface area contributed by atoms with Crippen LogP contribution in [0.4, 0.5) is 0 Å². The van der Waals surface area contributed by atoms with Gasteiger partial charge in [0.1, 0.15) is 24.4 Å². The van der Waals surface area contributed by atoms with E-state index in [2.05, 4.69) is 86.8 Å². The molecular weight excluding hydrogens is 1090 g/mol. The first kappa shape index (κ1) is 82.1. The summed E-state index contributed by atoms with van der Waals surface area (Å²) in [6.07, 6.45) is 72.2. The lowest BCUT2D eigenvalue weighted by molar-refractivity contribution is -0.305. The van der Waals surface area contributed by atoms with Gasteiger partial charge in [-0.25, -0.2) is 0 Å². The van der Waals surface area contributed by atoms with E-state index in [1.807, 2.05) is 6.08 Å². The Hall–Kier alpha value is -2.90. The Bertz CT molecular complexity index is 1690. The largest absolute Gasteiger partial charge is 0.454 e. The van der Waals surface area contributed by atoms with Crippen LogP contribution in [0.2, 0.25) is 0 Å². The van der Waals surface area contributed by atoms with Gasteiger partial charge in [0.25, 0.3) is 0 Å². The highest BCUT2D eigenvalue weighted by Crippen LogP contribution is 2.26. The third kappa shape index (κ3) is 50.4.